The first kappa shape index (κ1) is 8.28. The molecule has 0 aromatic rings. The topological polar surface area (TPSA) is 20.2 Å². The Kier molecular flexibility index (Phi) is 1.59. The number of rotatable bonds is 1. The maximum Gasteiger partial charge on any atom is 0.0683 e. The molecule has 0 aromatic heterocycles. The van der Waals surface area contributed by atoms with Crippen LogP contribution in [0.2, 0.25) is 0 Å². The van der Waals surface area contributed by atoms with Crippen LogP contribution in [0.4, 0.5) is 0 Å². The summed E-state index contributed by atoms with van der Waals surface area (Å²) in [6, 6.07) is 0. The first-order chi connectivity index (χ1) is 6.21. The Hall–Kier alpha value is -0.0400. The van der Waals surface area contributed by atoms with Crippen molar-refractivity contribution in [2.45, 2.75) is 51.0 Å². The zero-order chi connectivity index (χ0) is 9.05. The lowest BCUT2D eigenvalue weighted by Crippen LogP contribution is -2.56. The molecule has 1 nitrogen and oxygen atoms in total. The summed E-state index contributed by atoms with van der Waals surface area (Å²) in [5.41, 5.74) is -0.233. The Morgan fingerprint density at radius 1 is 1.15 bits per heavy atom. The Morgan fingerprint density at radius 3 is 2.23 bits per heavy atom. The Labute approximate surface area is 80.5 Å². The molecule has 0 spiro atoms. The highest BCUT2D eigenvalue weighted by Gasteiger charge is 2.55. The third-order valence-electron chi connectivity index (χ3n) is 4.92. The van der Waals surface area contributed by atoms with Crippen molar-refractivity contribution in [3.05, 3.63) is 0 Å². The molecule has 0 aromatic carbocycles. The van der Waals surface area contributed by atoms with Crippen molar-refractivity contribution < 1.29 is 5.11 Å². The third kappa shape index (κ3) is 1.03. The van der Waals surface area contributed by atoms with Crippen molar-refractivity contribution in [2.24, 2.45) is 23.7 Å². The molecule has 74 valence electrons. The molecule has 3 atom stereocenters. The molecule has 4 saturated carbocycles. The van der Waals surface area contributed by atoms with E-state index in [0.29, 0.717) is 5.92 Å². The van der Waals surface area contributed by atoms with E-state index in [-0.39, 0.29) is 5.60 Å². The van der Waals surface area contributed by atoms with Crippen LogP contribution in [-0.2, 0) is 0 Å². The van der Waals surface area contributed by atoms with Gasteiger partial charge in [-0.1, -0.05) is 13.3 Å². The third-order valence-corrected chi connectivity index (χ3v) is 4.92. The van der Waals surface area contributed by atoms with Crippen molar-refractivity contribution >= 4 is 0 Å². The molecule has 4 fully saturated rings. The van der Waals surface area contributed by atoms with E-state index in [2.05, 4.69) is 6.92 Å². The summed E-state index contributed by atoms with van der Waals surface area (Å²) in [7, 11) is 0. The van der Waals surface area contributed by atoms with Gasteiger partial charge in [0.05, 0.1) is 5.60 Å². The molecule has 3 unspecified atom stereocenters. The summed E-state index contributed by atoms with van der Waals surface area (Å²) < 4.78 is 0. The summed E-state index contributed by atoms with van der Waals surface area (Å²) >= 11 is 0. The Bertz CT molecular complexity index is 209. The predicted molar refractivity (Wildman–Crippen MR) is 52.3 cm³/mol. The quantitative estimate of drug-likeness (QED) is 0.657. The van der Waals surface area contributed by atoms with Gasteiger partial charge >= 0.3 is 0 Å². The molecule has 4 rings (SSSR count). The van der Waals surface area contributed by atoms with Gasteiger partial charge in [-0.2, -0.15) is 0 Å². The minimum atomic E-state index is -0.233. The van der Waals surface area contributed by atoms with E-state index in [0.717, 1.165) is 30.6 Å². The smallest absolute Gasteiger partial charge is 0.0683 e. The second-order valence-electron chi connectivity index (χ2n) is 5.73. The zero-order valence-electron chi connectivity index (χ0n) is 8.50. The highest BCUT2D eigenvalue weighted by molar-refractivity contribution is 5.06. The maximum atomic E-state index is 10.6. The summed E-state index contributed by atoms with van der Waals surface area (Å²) in [6.45, 7) is 2.25. The molecule has 4 aliphatic rings. The molecule has 1 heteroatoms. The Morgan fingerprint density at radius 2 is 1.77 bits per heavy atom. The molecule has 0 aliphatic heterocycles. The van der Waals surface area contributed by atoms with Gasteiger partial charge in [-0.25, -0.2) is 0 Å². The fourth-order valence-electron chi connectivity index (χ4n) is 4.82. The van der Waals surface area contributed by atoms with Gasteiger partial charge in [0.2, 0.25) is 0 Å². The molecule has 4 aliphatic carbocycles. The lowest BCUT2D eigenvalue weighted by molar-refractivity contribution is -0.171. The second kappa shape index (κ2) is 2.50. The summed E-state index contributed by atoms with van der Waals surface area (Å²) in [6.07, 6.45) is 7.72. The van der Waals surface area contributed by atoms with Gasteiger partial charge in [-0.3, -0.25) is 0 Å². The van der Waals surface area contributed by atoms with Crippen LogP contribution in [0.1, 0.15) is 45.4 Å². The average Bonchev–Trinajstić information content (AvgIpc) is 2.00. The molecular weight excluding hydrogens is 160 g/mol. The average molecular weight is 180 g/mol. The van der Waals surface area contributed by atoms with Gasteiger partial charge in [0.15, 0.2) is 0 Å². The van der Waals surface area contributed by atoms with Crippen LogP contribution in [0, 0.1) is 23.7 Å². The maximum absolute atomic E-state index is 10.6. The molecular formula is C12H20O. The van der Waals surface area contributed by atoms with Crippen LogP contribution >= 0.6 is 0 Å². The fraction of sp³-hybridized carbons (Fsp3) is 1.00. The van der Waals surface area contributed by atoms with Gasteiger partial charge < -0.3 is 5.11 Å². The van der Waals surface area contributed by atoms with E-state index in [1.54, 1.807) is 0 Å². The van der Waals surface area contributed by atoms with Gasteiger partial charge in [0, 0.05) is 0 Å². The number of hydrogen-bond donors (Lipinski definition) is 1. The van der Waals surface area contributed by atoms with E-state index < -0.39 is 0 Å². The molecule has 13 heavy (non-hydrogen) atoms. The first-order valence-corrected chi connectivity index (χ1v) is 5.93. The van der Waals surface area contributed by atoms with Crippen molar-refractivity contribution in [1.29, 1.82) is 0 Å². The summed E-state index contributed by atoms with van der Waals surface area (Å²) in [4.78, 5) is 0. The van der Waals surface area contributed by atoms with Gasteiger partial charge in [0.25, 0.3) is 0 Å². The monoisotopic (exact) mass is 180 g/mol. The molecule has 0 saturated heterocycles. The highest BCUT2D eigenvalue weighted by atomic mass is 16.3. The first-order valence-electron chi connectivity index (χ1n) is 5.93. The summed E-state index contributed by atoms with van der Waals surface area (Å²) in [5.74, 6) is 3.28. The van der Waals surface area contributed by atoms with Gasteiger partial charge in [-0.05, 0) is 55.8 Å². The molecule has 1 N–H and O–H groups in total. The minimum Gasteiger partial charge on any atom is -0.390 e. The molecule has 0 amide bonds. The van der Waals surface area contributed by atoms with E-state index in [1.807, 2.05) is 0 Å². The minimum absolute atomic E-state index is 0.233. The van der Waals surface area contributed by atoms with Crippen LogP contribution < -0.4 is 0 Å². The fourth-order valence-corrected chi connectivity index (χ4v) is 4.82. The van der Waals surface area contributed by atoms with Gasteiger partial charge in [-0.15, -0.1) is 0 Å². The van der Waals surface area contributed by atoms with Crippen LogP contribution in [0.15, 0.2) is 0 Å². The van der Waals surface area contributed by atoms with Crippen LogP contribution in [0.5, 0.6) is 0 Å². The number of hydrogen-bond acceptors (Lipinski definition) is 1. The summed E-state index contributed by atoms with van der Waals surface area (Å²) in [5, 5.41) is 10.6. The van der Waals surface area contributed by atoms with E-state index in [1.165, 1.54) is 25.7 Å². The van der Waals surface area contributed by atoms with Crippen molar-refractivity contribution in [3.8, 4) is 0 Å². The van der Waals surface area contributed by atoms with Gasteiger partial charge in [0.1, 0.15) is 0 Å². The van der Waals surface area contributed by atoms with Crippen molar-refractivity contribution in [2.75, 3.05) is 0 Å². The van der Waals surface area contributed by atoms with E-state index in [9.17, 15) is 5.11 Å². The van der Waals surface area contributed by atoms with E-state index in [4.69, 9.17) is 0 Å². The van der Waals surface area contributed by atoms with Crippen LogP contribution in [-0.4, -0.2) is 10.7 Å². The van der Waals surface area contributed by atoms with Crippen molar-refractivity contribution in [3.63, 3.8) is 0 Å². The standard InChI is InChI=1S/C12H20O/c1-2-11-10-4-8-3-9(5-10)7-12(11,13)6-8/h8-11,13H,2-7H2,1H3. The molecule has 0 heterocycles. The van der Waals surface area contributed by atoms with Crippen LogP contribution in [0.3, 0.4) is 0 Å². The number of aliphatic hydroxyl groups is 1. The SMILES string of the molecule is CCC1C2CC3CC(C2)CC1(O)C3. The lowest BCUT2D eigenvalue weighted by atomic mass is 9.49. The largest absolute Gasteiger partial charge is 0.390 e. The lowest BCUT2D eigenvalue weighted by Gasteiger charge is -2.59. The predicted octanol–water partition coefficient (Wildman–Crippen LogP) is 2.58. The molecule has 4 bridgehead atoms. The van der Waals surface area contributed by atoms with E-state index >= 15 is 0 Å². The second-order valence-corrected chi connectivity index (χ2v) is 5.73. The van der Waals surface area contributed by atoms with Crippen LogP contribution in [0.25, 0.3) is 0 Å². The zero-order valence-corrected chi connectivity index (χ0v) is 8.50. The highest BCUT2D eigenvalue weighted by Crippen LogP contribution is 2.59. The van der Waals surface area contributed by atoms with Crippen molar-refractivity contribution in [1.82, 2.24) is 0 Å². The normalized spacial score (nSPS) is 58.6. The Balaban J connectivity index is 1.93. The molecule has 0 radical (unpaired) electrons.